The van der Waals surface area contributed by atoms with Crippen LogP contribution >= 0.6 is 0 Å². The summed E-state index contributed by atoms with van der Waals surface area (Å²) in [5.74, 6) is -0.119. The zero-order valence-corrected chi connectivity index (χ0v) is 18.9. The number of ether oxygens (including phenoxy) is 1. The molecule has 32 heavy (non-hydrogen) atoms. The van der Waals surface area contributed by atoms with Gasteiger partial charge in [0.05, 0.1) is 13.2 Å². The standard InChI is InChI=1S/C22H31N5O4S/c23-32(29,30)25-11-4-12-27(26-13-15-31-16-14-26)22(28)21-9-7-20(8-10-21)18-24-17-19-5-2-1-3-6-19/h1-3,5-10,24-25H,4,11-18H2,(H2,23,29,30). The molecule has 0 aromatic heterocycles. The van der Waals surface area contributed by atoms with Gasteiger partial charge in [-0.1, -0.05) is 42.5 Å². The Hall–Kier alpha value is -2.34. The van der Waals surface area contributed by atoms with Gasteiger partial charge in [-0.3, -0.25) is 9.80 Å². The van der Waals surface area contributed by atoms with Crippen molar-refractivity contribution in [2.45, 2.75) is 19.5 Å². The molecule has 1 amide bonds. The highest BCUT2D eigenvalue weighted by Gasteiger charge is 2.24. The maximum atomic E-state index is 13.2. The Morgan fingerprint density at radius 3 is 2.25 bits per heavy atom. The van der Waals surface area contributed by atoms with Gasteiger partial charge in [0.15, 0.2) is 0 Å². The summed E-state index contributed by atoms with van der Waals surface area (Å²) in [7, 11) is -3.74. The molecule has 1 fully saturated rings. The minimum Gasteiger partial charge on any atom is -0.379 e. The van der Waals surface area contributed by atoms with Crippen LogP contribution in [0.5, 0.6) is 0 Å². The zero-order valence-electron chi connectivity index (χ0n) is 18.1. The van der Waals surface area contributed by atoms with E-state index >= 15 is 0 Å². The molecule has 0 unspecified atom stereocenters. The second-order valence-corrected chi connectivity index (χ2v) is 8.95. The predicted octanol–water partition coefficient (Wildman–Crippen LogP) is 0.849. The van der Waals surface area contributed by atoms with Gasteiger partial charge in [0.25, 0.3) is 16.1 Å². The Morgan fingerprint density at radius 1 is 1.00 bits per heavy atom. The molecule has 9 nitrogen and oxygen atoms in total. The van der Waals surface area contributed by atoms with Crippen LogP contribution in [0.1, 0.15) is 27.9 Å². The Bertz CT molecular complexity index is 948. The molecule has 1 heterocycles. The molecule has 2 aromatic carbocycles. The third-order valence-electron chi connectivity index (χ3n) is 5.12. The third-order valence-corrected chi connectivity index (χ3v) is 5.72. The summed E-state index contributed by atoms with van der Waals surface area (Å²) >= 11 is 0. The van der Waals surface area contributed by atoms with Gasteiger partial charge in [0, 0.05) is 44.8 Å². The van der Waals surface area contributed by atoms with Crippen LogP contribution in [0.4, 0.5) is 0 Å². The minimum absolute atomic E-state index is 0.119. The molecular weight excluding hydrogens is 430 g/mol. The Kier molecular flexibility index (Phi) is 9.15. The lowest BCUT2D eigenvalue weighted by atomic mass is 10.1. The monoisotopic (exact) mass is 461 g/mol. The predicted molar refractivity (Wildman–Crippen MR) is 123 cm³/mol. The fourth-order valence-corrected chi connectivity index (χ4v) is 3.90. The molecule has 0 spiro atoms. The Labute approximate surface area is 189 Å². The molecule has 2 aromatic rings. The van der Waals surface area contributed by atoms with Crippen LogP contribution in [0.3, 0.4) is 0 Å². The van der Waals surface area contributed by atoms with Crippen molar-refractivity contribution in [1.29, 1.82) is 0 Å². The van der Waals surface area contributed by atoms with Gasteiger partial charge < -0.3 is 10.1 Å². The first-order valence-electron chi connectivity index (χ1n) is 10.7. The molecular formula is C22H31N5O4S. The number of hydrogen-bond donors (Lipinski definition) is 3. The van der Waals surface area contributed by atoms with E-state index in [1.165, 1.54) is 5.56 Å². The van der Waals surface area contributed by atoms with E-state index in [1.807, 2.05) is 47.5 Å². The van der Waals surface area contributed by atoms with Crippen LogP contribution in [-0.2, 0) is 28.0 Å². The van der Waals surface area contributed by atoms with Gasteiger partial charge in [-0.15, -0.1) is 0 Å². The summed E-state index contributed by atoms with van der Waals surface area (Å²) in [6, 6.07) is 17.7. The molecule has 1 aliphatic heterocycles. The van der Waals surface area contributed by atoms with Crippen molar-refractivity contribution in [3.05, 3.63) is 71.3 Å². The van der Waals surface area contributed by atoms with Crippen molar-refractivity contribution in [1.82, 2.24) is 20.1 Å². The molecule has 174 valence electrons. The van der Waals surface area contributed by atoms with Crippen LogP contribution in [-0.4, -0.2) is 63.7 Å². The van der Waals surface area contributed by atoms with Crippen LogP contribution in [0.25, 0.3) is 0 Å². The number of carbonyl (C=O) groups is 1. The normalized spacial score (nSPS) is 14.9. The number of amides is 1. The largest absolute Gasteiger partial charge is 0.379 e. The van der Waals surface area contributed by atoms with E-state index in [4.69, 9.17) is 9.88 Å². The topological polar surface area (TPSA) is 117 Å². The summed E-state index contributed by atoms with van der Waals surface area (Å²) in [6.07, 6.45) is 0.445. The summed E-state index contributed by atoms with van der Waals surface area (Å²) in [5.41, 5.74) is 2.90. The first-order chi connectivity index (χ1) is 15.4. The van der Waals surface area contributed by atoms with Crippen LogP contribution in [0, 0.1) is 0 Å². The molecule has 10 heteroatoms. The van der Waals surface area contributed by atoms with Gasteiger partial charge in [0.2, 0.25) is 0 Å². The van der Waals surface area contributed by atoms with Crippen molar-refractivity contribution in [3.8, 4) is 0 Å². The van der Waals surface area contributed by atoms with Crippen molar-refractivity contribution in [3.63, 3.8) is 0 Å². The van der Waals surface area contributed by atoms with Gasteiger partial charge in [-0.05, 0) is 29.7 Å². The van der Waals surface area contributed by atoms with E-state index in [1.54, 1.807) is 5.01 Å². The van der Waals surface area contributed by atoms with Crippen molar-refractivity contribution >= 4 is 16.1 Å². The van der Waals surface area contributed by atoms with Crippen LogP contribution in [0.15, 0.2) is 54.6 Å². The maximum Gasteiger partial charge on any atom is 0.274 e. The molecule has 4 N–H and O–H groups in total. The maximum absolute atomic E-state index is 13.2. The number of nitrogens with zero attached hydrogens (tertiary/aromatic N) is 2. The fraction of sp³-hybridized carbons (Fsp3) is 0.409. The molecule has 0 radical (unpaired) electrons. The lowest BCUT2D eigenvalue weighted by molar-refractivity contribution is -0.0699. The average molecular weight is 462 g/mol. The summed E-state index contributed by atoms with van der Waals surface area (Å²) in [4.78, 5) is 13.2. The van der Waals surface area contributed by atoms with Crippen LogP contribution in [0.2, 0.25) is 0 Å². The van der Waals surface area contributed by atoms with E-state index in [-0.39, 0.29) is 12.5 Å². The number of hydrogen-bond acceptors (Lipinski definition) is 6. The minimum atomic E-state index is -3.74. The number of benzene rings is 2. The van der Waals surface area contributed by atoms with E-state index in [0.717, 1.165) is 12.1 Å². The van der Waals surface area contributed by atoms with Gasteiger partial charge in [-0.2, -0.15) is 8.42 Å². The van der Waals surface area contributed by atoms with E-state index in [0.29, 0.717) is 51.4 Å². The summed E-state index contributed by atoms with van der Waals surface area (Å²) in [6.45, 7) is 4.33. The number of rotatable bonds is 11. The van der Waals surface area contributed by atoms with Crippen LogP contribution < -0.4 is 15.2 Å². The SMILES string of the molecule is NS(=O)(=O)NCCCN(C(=O)c1ccc(CNCc2ccccc2)cc1)N1CCOCC1. The second-order valence-electron chi connectivity index (χ2n) is 7.57. The highest BCUT2D eigenvalue weighted by molar-refractivity contribution is 7.87. The molecule has 0 saturated carbocycles. The summed E-state index contributed by atoms with van der Waals surface area (Å²) in [5, 5.41) is 12.0. The van der Waals surface area contributed by atoms with Gasteiger partial charge >= 0.3 is 0 Å². The fourth-order valence-electron chi connectivity index (χ4n) is 3.47. The van der Waals surface area contributed by atoms with E-state index in [2.05, 4.69) is 22.2 Å². The Balaban J connectivity index is 1.57. The highest BCUT2D eigenvalue weighted by Crippen LogP contribution is 2.13. The first kappa shape index (κ1) is 24.3. The molecule has 1 aliphatic rings. The number of hydrazine groups is 1. The van der Waals surface area contributed by atoms with Gasteiger partial charge in [-0.25, -0.2) is 14.9 Å². The number of carbonyl (C=O) groups excluding carboxylic acids is 1. The van der Waals surface area contributed by atoms with Crippen molar-refractivity contribution < 1.29 is 17.9 Å². The Morgan fingerprint density at radius 2 is 1.62 bits per heavy atom. The van der Waals surface area contributed by atoms with E-state index < -0.39 is 10.2 Å². The summed E-state index contributed by atoms with van der Waals surface area (Å²) < 4.78 is 29.8. The average Bonchev–Trinajstić information content (AvgIpc) is 2.80. The number of morpholine rings is 1. The zero-order chi connectivity index (χ0) is 22.8. The lowest BCUT2D eigenvalue weighted by Gasteiger charge is -2.37. The molecule has 3 rings (SSSR count). The second kappa shape index (κ2) is 12.0. The van der Waals surface area contributed by atoms with Crippen molar-refractivity contribution in [2.75, 3.05) is 39.4 Å². The smallest absolute Gasteiger partial charge is 0.274 e. The third kappa shape index (κ3) is 7.97. The van der Waals surface area contributed by atoms with Crippen molar-refractivity contribution in [2.24, 2.45) is 5.14 Å². The number of nitrogens with two attached hydrogens (primary N) is 1. The molecule has 0 atom stereocenters. The molecule has 0 bridgehead atoms. The lowest BCUT2D eigenvalue weighted by Crippen LogP contribution is -2.52. The number of nitrogens with one attached hydrogen (secondary N) is 2. The quantitative estimate of drug-likeness (QED) is 0.427. The highest BCUT2D eigenvalue weighted by atomic mass is 32.2. The first-order valence-corrected chi connectivity index (χ1v) is 12.2. The molecule has 0 aliphatic carbocycles. The van der Waals surface area contributed by atoms with E-state index in [9.17, 15) is 13.2 Å². The van der Waals surface area contributed by atoms with Gasteiger partial charge in [0.1, 0.15) is 0 Å². The molecule has 1 saturated heterocycles.